The lowest BCUT2D eigenvalue weighted by Crippen LogP contribution is -2.10. The molecule has 0 spiro atoms. The number of aromatic nitrogens is 3. The summed E-state index contributed by atoms with van der Waals surface area (Å²) in [5, 5.41) is 8.63. The van der Waals surface area contributed by atoms with Crippen LogP contribution in [0.1, 0.15) is 36.6 Å². The topological polar surface area (TPSA) is 86.5 Å². The van der Waals surface area contributed by atoms with E-state index < -0.39 is 17.7 Å². The van der Waals surface area contributed by atoms with Gasteiger partial charge in [0.25, 0.3) is 6.01 Å². The van der Waals surface area contributed by atoms with Crippen LogP contribution in [0.25, 0.3) is 11.0 Å². The highest BCUT2D eigenvalue weighted by molar-refractivity contribution is 6.31. The number of aryl methyl sites for hydroxylation is 1. The van der Waals surface area contributed by atoms with Crippen molar-refractivity contribution in [3.05, 3.63) is 46.2 Å². The number of benzene rings is 1. The number of ether oxygens (including phenoxy) is 2. The lowest BCUT2D eigenvalue weighted by Gasteiger charge is -2.13. The van der Waals surface area contributed by atoms with Crippen molar-refractivity contribution in [1.82, 2.24) is 14.5 Å². The van der Waals surface area contributed by atoms with Gasteiger partial charge in [0.15, 0.2) is 0 Å². The summed E-state index contributed by atoms with van der Waals surface area (Å²) in [6.45, 7) is 4.20. The van der Waals surface area contributed by atoms with Crippen LogP contribution in [0, 0.1) is 6.92 Å². The highest BCUT2D eigenvalue weighted by atomic mass is 35.5. The molecule has 0 radical (unpaired) electrons. The van der Waals surface area contributed by atoms with Crippen molar-refractivity contribution in [1.29, 1.82) is 0 Å². The summed E-state index contributed by atoms with van der Waals surface area (Å²) in [4.78, 5) is 19.1. The van der Waals surface area contributed by atoms with E-state index >= 15 is 0 Å². The fraction of sp³-hybridized carbons (Fsp3) is 0.381. The van der Waals surface area contributed by atoms with Gasteiger partial charge in [0.05, 0.1) is 47.1 Å². The van der Waals surface area contributed by atoms with Crippen LogP contribution in [0.3, 0.4) is 0 Å². The van der Waals surface area contributed by atoms with Gasteiger partial charge in [-0.1, -0.05) is 11.6 Å². The Bertz CT molecular complexity index is 1130. The van der Waals surface area contributed by atoms with Gasteiger partial charge in [0.1, 0.15) is 5.75 Å². The summed E-state index contributed by atoms with van der Waals surface area (Å²) in [6.07, 6.45) is -3.47. The van der Waals surface area contributed by atoms with Crippen LogP contribution in [0.5, 0.6) is 11.8 Å². The van der Waals surface area contributed by atoms with Gasteiger partial charge in [0, 0.05) is 18.7 Å². The van der Waals surface area contributed by atoms with Crippen LogP contribution < -0.4 is 9.47 Å². The van der Waals surface area contributed by atoms with E-state index in [1.807, 2.05) is 6.92 Å². The first-order valence-corrected chi connectivity index (χ1v) is 10.2. The van der Waals surface area contributed by atoms with Crippen molar-refractivity contribution in [2.75, 3.05) is 13.2 Å². The molecule has 0 amide bonds. The number of fused-ring (bicyclic) bond motifs is 1. The maximum atomic E-state index is 12.9. The van der Waals surface area contributed by atoms with Crippen molar-refractivity contribution in [3.8, 4) is 11.8 Å². The van der Waals surface area contributed by atoms with Gasteiger partial charge in [0.2, 0.25) is 0 Å². The van der Waals surface area contributed by atoms with Crippen molar-refractivity contribution in [2.45, 2.75) is 39.4 Å². The van der Waals surface area contributed by atoms with E-state index in [-0.39, 0.29) is 36.3 Å². The molecular formula is C21H21ClF3N3O4. The Morgan fingerprint density at radius 1 is 1.25 bits per heavy atom. The summed E-state index contributed by atoms with van der Waals surface area (Å²) >= 11 is 6.10. The van der Waals surface area contributed by atoms with Crippen molar-refractivity contribution in [2.24, 2.45) is 0 Å². The number of carbonyl (C=O) groups is 1. The quantitative estimate of drug-likeness (QED) is 0.437. The average molecular weight is 472 g/mol. The second-order valence-electron chi connectivity index (χ2n) is 7.02. The molecule has 1 N–H and O–H groups in total. The summed E-state index contributed by atoms with van der Waals surface area (Å²) < 4.78 is 51.8. The summed E-state index contributed by atoms with van der Waals surface area (Å²) in [6, 6.07) is 4.60. The minimum Gasteiger partial charge on any atom is -0.493 e. The molecule has 0 aliphatic heterocycles. The van der Waals surface area contributed by atoms with Crippen LogP contribution in [0.15, 0.2) is 24.4 Å². The van der Waals surface area contributed by atoms with E-state index in [4.69, 9.17) is 26.2 Å². The standard InChI is InChI=1S/C21H21ClF3N3O4/c1-3-31-20-27-19-12(2)7-14(32-6-4-5-18(29)30)9-17(19)28(20)11-16-15(22)8-13(10-26-16)21(23,24)25/h7-10H,3-6,11H2,1-2H3,(H,29,30). The van der Waals surface area contributed by atoms with Gasteiger partial charge in [-0.15, -0.1) is 0 Å². The number of hydrogen-bond acceptors (Lipinski definition) is 5. The van der Waals surface area contributed by atoms with Crippen LogP contribution in [-0.4, -0.2) is 38.8 Å². The zero-order chi connectivity index (χ0) is 23.5. The van der Waals surface area contributed by atoms with Gasteiger partial charge in [-0.3, -0.25) is 14.3 Å². The Kier molecular flexibility index (Phi) is 7.12. The first-order valence-electron chi connectivity index (χ1n) is 9.80. The molecule has 1 aromatic carbocycles. The molecule has 3 aromatic rings. The number of carboxylic acid groups (broad SMARTS) is 1. The van der Waals surface area contributed by atoms with E-state index in [1.165, 1.54) is 0 Å². The minimum atomic E-state index is -4.54. The van der Waals surface area contributed by atoms with Crippen molar-refractivity contribution >= 4 is 28.6 Å². The number of rotatable bonds is 9. The molecule has 2 aromatic heterocycles. The number of halogens is 4. The van der Waals surface area contributed by atoms with Gasteiger partial charge in [-0.25, -0.2) is 0 Å². The molecule has 0 bridgehead atoms. The lowest BCUT2D eigenvalue weighted by molar-refractivity contribution is -0.138. The summed E-state index contributed by atoms with van der Waals surface area (Å²) in [7, 11) is 0. The maximum Gasteiger partial charge on any atom is 0.417 e. The third-order valence-corrected chi connectivity index (χ3v) is 4.94. The Balaban J connectivity index is 1.97. The minimum absolute atomic E-state index is 0.00820. The van der Waals surface area contributed by atoms with Gasteiger partial charge >= 0.3 is 12.1 Å². The molecule has 0 fully saturated rings. The number of nitrogens with zero attached hydrogens (tertiary/aromatic N) is 3. The zero-order valence-electron chi connectivity index (χ0n) is 17.4. The maximum absolute atomic E-state index is 12.9. The second-order valence-corrected chi connectivity index (χ2v) is 7.42. The number of imidazole rings is 1. The molecule has 0 aliphatic rings. The number of carboxylic acids is 1. The first kappa shape index (κ1) is 23.6. The SMILES string of the molecule is CCOc1nc2c(C)cc(OCCCC(=O)O)cc2n1Cc1ncc(C(F)(F)F)cc1Cl. The molecule has 3 rings (SSSR count). The van der Waals surface area contributed by atoms with E-state index in [0.29, 0.717) is 29.8 Å². The highest BCUT2D eigenvalue weighted by Gasteiger charge is 2.31. The lowest BCUT2D eigenvalue weighted by atomic mass is 10.2. The van der Waals surface area contributed by atoms with Crippen LogP contribution in [0.4, 0.5) is 13.2 Å². The van der Waals surface area contributed by atoms with Crippen molar-refractivity contribution < 1.29 is 32.5 Å². The van der Waals surface area contributed by atoms with Crippen LogP contribution >= 0.6 is 11.6 Å². The van der Waals surface area contributed by atoms with E-state index in [9.17, 15) is 18.0 Å². The molecule has 11 heteroatoms. The van der Waals surface area contributed by atoms with Crippen LogP contribution in [-0.2, 0) is 17.5 Å². The molecular weight excluding hydrogens is 451 g/mol. The predicted octanol–water partition coefficient (Wildman–Crippen LogP) is 5.10. The molecule has 0 aliphatic carbocycles. The Hall–Kier alpha value is -3.01. The second kappa shape index (κ2) is 9.64. The third kappa shape index (κ3) is 5.42. The third-order valence-electron chi connectivity index (χ3n) is 4.61. The molecule has 7 nitrogen and oxygen atoms in total. The van der Waals surface area contributed by atoms with Gasteiger partial charge in [-0.2, -0.15) is 18.2 Å². The molecule has 0 saturated heterocycles. The molecule has 32 heavy (non-hydrogen) atoms. The Labute approximate surface area is 186 Å². The van der Waals surface area contributed by atoms with Gasteiger partial charge < -0.3 is 14.6 Å². The van der Waals surface area contributed by atoms with E-state index in [1.54, 1.807) is 23.6 Å². The monoisotopic (exact) mass is 471 g/mol. The Morgan fingerprint density at radius 2 is 2.00 bits per heavy atom. The average Bonchev–Trinajstić information content (AvgIpc) is 3.04. The van der Waals surface area contributed by atoms with E-state index in [0.717, 1.165) is 17.8 Å². The van der Waals surface area contributed by atoms with E-state index in [2.05, 4.69) is 9.97 Å². The molecule has 0 unspecified atom stereocenters. The largest absolute Gasteiger partial charge is 0.493 e. The molecule has 2 heterocycles. The smallest absolute Gasteiger partial charge is 0.417 e. The molecule has 172 valence electrons. The first-order chi connectivity index (χ1) is 15.1. The van der Waals surface area contributed by atoms with Gasteiger partial charge in [-0.05, 0) is 38.0 Å². The Morgan fingerprint density at radius 3 is 2.62 bits per heavy atom. The number of alkyl halides is 3. The number of aliphatic carboxylic acids is 1. The number of pyridine rings is 1. The highest BCUT2D eigenvalue weighted by Crippen LogP contribution is 2.33. The predicted molar refractivity (Wildman–Crippen MR) is 111 cm³/mol. The fourth-order valence-corrected chi connectivity index (χ4v) is 3.34. The fourth-order valence-electron chi connectivity index (χ4n) is 3.11. The molecule has 0 saturated carbocycles. The summed E-state index contributed by atoms with van der Waals surface area (Å²) in [5.41, 5.74) is 1.35. The molecule has 0 atom stereocenters. The number of hydrogen-bond donors (Lipinski definition) is 1. The zero-order valence-corrected chi connectivity index (χ0v) is 18.1. The van der Waals surface area contributed by atoms with Crippen LogP contribution in [0.2, 0.25) is 5.02 Å². The normalized spacial score (nSPS) is 11.7. The van der Waals surface area contributed by atoms with Crippen molar-refractivity contribution in [3.63, 3.8) is 0 Å². The summed E-state index contributed by atoms with van der Waals surface area (Å²) in [5.74, 6) is -0.392.